The molecule has 0 saturated carbocycles. The van der Waals surface area contributed by atoms with Crippen molar-refractivity contribution in [2.45, 2.75) is 13.8 Å². The zero-order chi connectivity index (χ0) is 14.8. The predicted octanol–water partition coefficient (Wildman–Crippen LogP) is 3.84. The van der Waals surface area contributed by atoms with Gasteiger partial charge in [-0.3, -0.25) is 0 Å². The van der Waals surface area contributed by atoms with Crippen molar-refractivity contribution in [1.29, 1.82) is 0 Å². The number of oxime groups is 1. The summed E-state index contributed by atoms with van der Waals surface area (Å²) in [6.45, 7) is 4.02. The second-order valence-electron chi connectivity index (χ2n) is 5.26. The molecule has 0 aliphatic rings. The summed E-state index contributed by atoms with van der Waals surface area (Å²) in [7, 11) is 0. The van der Waals surface area contributed by atoms with Crippen molar-refractivity contribution in [3.05, 3.63) is 60.3 Å². The Morgan fingerprint density at radius 3 is 2.48 bits per heavy atom. The zero-order valence-corrected chi connectivity index (χ0v) is 12.1. The number of fused-ring (bicyclic) bond motifs is 1. The molecule has 0 fully saturated rings. The van der Waals surface area contributed by atoms with Gasteiger partial charge in [-0.25, -0.2) is 4.52 Å². The van der Waals surface area contributed by atoms with E-state index in [0.717, 1.165) is 22.3 Å². The van der Waals surface area contributed by atoms with Gasteiger partial charge in [0, 0.05) is 11.8 Å². The molecule has 1 N–H and O–H groups in total. The predicted molar refractivity (Wildman–Crippen MR) is 83.8 cm³/mol. The monoisotopic (exact) mass is 279 g/mol. The van der Waals surface area contributed by atoms with Crippen LogP contribution < -0.4 is 0 Å². The van der Waals surface area contributed by atoms with Crippen LogP contribution in [0.2, 0.25) is 0 Å². The van der Waals surface area contributed by atoms with Gasteiger partial charge in [0.15, 0.2) is 0 Å². The van der Waals surface area contributed by atoms with Crippen molar-refractivity contribution < 1.29 is 5.21 Å². The summed E-state index contributed by atoms with van der Waals surface area (Å²) in [4.78, 5) is 0. The fraction of sp³-hybridized carbons (Fsp3) is 0.176. The third kappa shape index (κ3) is 2.29. The zero-order valence-electron chi connectivity index (χ0n) is 12.1. The van der Waals surface area contributed by atoms with Crippen LogP contribution in [0.4, 0.5) is 0 Å². The molecule has 0 radical (unpaired) electrons. The van der Waals surface area contributed by atoms with E-state index in [-0.39, 0.29) is 5.92 Å². The second-order valence-corrected chi connectivity index (χ2v) is 5.26. The molecule has 2 aromatic heterocycles. The number of hydrogen-bond acceptors (Lipinski definition) is 3. The van der Waals surface area contributed by atoms with Gasteiger partial charge < -0.3 is 5.21 Å². The van der Waals surface area contributed by atoms with E-state index in [1.807, 2.05) is 73.1 Å². The van der Waals surface area contributed by atoms with E-state index in [2.05, 4.69) is 10.3 Å². The molecule has 0 aliphatic carbocycles. The first-order valence-corrected chi connectivity index (χ1v) is 6.97. The molecule has 0 saturated heterocycles. The van der Waals surface area contributed by atoms with Crippen LogP contribution in [0.1, 0.15) is 19.4 Å². The van der Waals surface area contributed by atoms with E-state index in [4.69, 9.17) is 0 Å². The highest BCUT2D eigenvalue weighted by molar-refractivity contribution is 6.11. The summed E-state index contributed by atoms with van der Waals surface area (Å²) in [6, 6.07) is 15.9. The van der Waals surface area contributed by atoms with Crippen LogP contribution in [0.25, 0.3) is 16.8 Å². The molecule has 4 nitrogen and oxygen atoms in total. The molecule has 21 heavy (non-hydrogen) atoms. The first-order valence-electron chi connectivity index (χ1n) is 6.97. The molecular weight excluding hydrogens is 262 g/mol. The SMILES string of the molecule is CC(C)/C(=N\O)c1c(-c2ccccc2)nn2ccccc12. The van der Waals surface area contributed by atoms with E-state index < -0.39 is 0 Å². The molecule has 0 unspecified atom stereocenters. The number of nitrogens with zero attached hydrogens (tertiary/aromatic N) is 3. The summed E-state index contributed by atoms with van der Waals surface area (Å²) in [6.07, 6.45) is 1.90. The van der Waals surface area contributed by atoms with Crippen molar-refractivity contribution in [3.8, 4) is 11.3 Å². The highest BCUT2D eigenvalue weighted by atomic mass is 16.4. The summed E-state index contributed by atoms with van der Waals surface area (Å²) in [5.41, 5.74) is 4.33. The number of hydrogen-bond donors (Lipinski definition) is 1. The van der Waals surface area contributed by atoms with E-state index >= 15 is 0 Å². The smallest absolute Gasteiger partial charge is 0.103 e. The summed E-state index contributed by atoms with van der Waals surface area (Å²) >= 11 is 0. The van der Waals surface area contributed by atoms with Crippen molar-refractivity contribution >= 4 is 11.2 Å². The standard InChI is InChI=1S/C17H17N3O/c1-12(2)16(19-21)15-14-10-6-7-11-20(14)18-17(15)13-8-4-3-5-9-13/h3-12,21H,1-2H3/b19-16+. The lowest BCUT2D eigenvalue weighted by atomic mass is 9.96. The van der Waals surface area contributed by atoms with Crippen LogP contribution in [-0.2, 0) is 0 Å². The minimum absolute atomic E-state index is 0.102. The summed E-state index contributed by atoms with van der Waals surface area (Å²) in [5.74, 6) is 0.102. The van der Waals surface area contributed by atoms with Gasteiger partial charge in [0.2, 0.25) is 0 Å². The Morgan fingerprint density at radius 1 is 1.10 bits per heavy atom. The van der Waals surface area contributed by atoms with Gasteiger partial charge in [-0.05, 0) is 18.1 Å². The second kappa shape index (κ2) is 5.40. The molecule has 1 aromatic carbocycles. The van der Waals surface area contributed by atoms with Crippen LogP contribution in [-0.4, -0.2) is 20.5 Å². The Kier molecular flexibility index (Phi) is 3.44. The Labute approximate surface area is 123 Å². The maximum atomic E-state index is 9.45. The average molecular weight is 279 g/mol. The largest absolute Gasteiger partial charge is 0.411 e. The van der Waals surface area contributed by atoms with Crippen LogP contribution in [0.3, 0.4) is 0 Å². The molecule has 0 spiro atoms. The molecule has 0 bridgehead atoms. The van der Waals surface area contributed by atoms with Gasteiger partial charge in [-0.1, -0.05) is 55.4 Å². The van der Waals surface area contributed by atoms with Gasteiger partial charge >= 0.3 is 0 Å². The minimum Gasteiger partial charge on any atom is -0.411 e. The third-order valence-electron chi connectivity index (χ3n) is 3.50. The van der Waals surface area contributed by atoms with E-state index in [0.29, 0.717) is 5.71 Å². The first-order chi connectivity index (χ1) is 10.2. The van der Waals surface area contributed by atoms with Gasteiger partial charge in [-0.15, -0.1) is 0 Å². The van der Waals surface area contributed by atoms with Gasteiger partial charge in [0.05, 0.1) is 16.8 Å². The van der Waals surface area contributed by atoms with Crippen molar-refractivity contribution in [2.24, 2.45) is 11.1 Å². The van der Waals surface area contributed by atoms with E-state index in [9.17, 15) is 5.21 Å². The fourth-order valence-corrected chi connectivity index (χ4v) is 2.50. The van der Waals surface area contributed by atoms with Gasteiger partial charge in [-0.2, -0.15) is 5.10 Å². The Balaban J connectivity index is 2.34. The summed E-state index contributed by atoms with van der Waals surface area (Å²) in [5, 5.41) is 17.6. The number of benzene rings is 1. The van der Waals surface area contributed by atoms with Crippen molar-refractivity contribution in [2.75, 3.05) is 0 Å². The number of rotatable bonds is 3. The Morgan fingerprint density at radius 2 is 1.81 bits per heavy atom. The average Bonchev–Trinajstić information content (AvgIpc) is 2.88. The maximum absolute atomic E-state index is 9.45. The Bertz CT molecular complexity index is 788. The van der Waals surface area contributed by atoms with Crippen LogP contribution >= 0.6 is 0 Å². The maximum Gasteiger partial charge on any atom is 0.103 e. The number of pyridine rings is 1. The van der Waals surface area contributed by atoms with Gasteiger partial charge in [0.1, 0.15) is 5.69 Å². The quantitative estimate of drug-likeness (QED) is 0.450. The molecule has 3 aromatic rings. The van der Waals surface area contributed by atoms with Crippen molar-refractivity contribution in [3.63, 3.8) is 0 Å². The molecule has 3 rings (SSSR count). The van der Waals surface area contributed by atoms with Gasteiger partial charge in [0.25, 0.3) is 0 Å². The topological polar surface area (TPSA) is 49.9 Å². The highest BCUT2D eigenvalue weighted by Crippen LogP contribution is 2.28. The molecule has 2 heterocycles. The Hall–Kier alpha value is -2.62. The third-order valence-corrected chi connectivity index (χ3v) is 3.50. The first kappa shape index (κ1) is 13.4. The van der Waals surface area contributed by atoms with Crippen LogP contribution in [0, 0.1) is 5.92 Å². The molecule has 106 valence electrons. The molecule has 4 heteroatoms. The van der Waals surface area contributed by atoms with Crippen molar-refractivity contribution in [1.82, 2.24) is 9.61 Å². The minimum atomic E-state index is 0.102. The molecule has 0 amide bonds. The number of aromatic nitrogens is 2. The fourth-order valence-electron chi connectivity index (χ4n) is 2.50. The lowest BCUT2D eigenvalue weighted by molar-refractivity contribution is 0.316. The lowest BCUT2D eigenvalue weighted by Crippen LogP contribution is -2.10. The molecule has 0 atom stereocenters. The van der Waals surface area contributed by atoms with Crippen LogP contribution in [0.15, 0.2) is 59.9 Å². The molecule has 0 aliphatic heterocycles. The highest BCUT2D eigenvalue weighted by Gasteiger charge is 2.21. The summed E-state index contributed by atoms with van der Waals surface area (Å²) < 4.78 is 1.82. The van der Waals surface area contributed by atoms with Crippen LogP contribution in [0.5, 0.6) is 0 Å². The lowest BCUT2D eigenvalue weighted by Gasteiger charge is -2.09. The molecular formula is C17H17N3O. The van der Waals surface area contributed by atoms with E-state index in [1.165, 1.54) is 0 Å². The normalized spacial score (nSPS) is 12.2. The van der Waals surface area contributed by atoms with E-state index in [1.54, 1.807) is 0 Å².